The summed E-state index contributed by atoms with van der Waals surface area (Å²) in [5, 5.41) is 6.24. The third kappa shape index (κ3) is 0.954. The van der Waals surface area contributed by atoms with Crippen molar-refractivity contribution < 1.29 is 0 Å². The molecule has 1 heterocycles. The zero-order valence-corrected chi connectivity index (χ0v) is 3.99. The molecule has 0 saturated carbocycles. The summed E-state index contributed by atoms with van der Waals surface area (Å²) in [6, 6.07) is 0.787. The minimum Gasteiger partial charge on any atom is -0.318 e. The first kappa shape index (κ1) is 4.09. The summed E-state index contributed by atoms with van der Waals surface area (Å²) in [7, 11) is 1.97. The molecule has 0 amide bonds. The normalized spacial score (nSPS) is 30.5. The lowest BCUT2D eigenvalue weighted by Gasteiger charge is -1.86. The summed E-state index contributed by atoms with van der Waals surface area (Å²) in [5.74, 6) is 0. The van der Waals surface area contributed by atoms with Crippen LogP contribution in [0.25, 0.3) is 0 Å². The summed E-state index contributed by atoms with van der Waals surface area (Å²) in [5.41, 5.74) is 0. The molecule has 6 heavy (non-hydrogen) atoms. The summed E-state index contributed by atoms with van der Waals surface area (Å²) in [6.45, 7) is 2.33. The van der Waals surface area contributed by atoms with Crippen molar-refractivity contribution in [3.63, 3.8) is 0 Å². The second-order valence-electron chi connectivity index (χ2n) is 1.66. The maximum Gasteiger partial charge on any atom is 0.0318 e. The number of hydrogen-bond donors (Lipinski definition) is 2. The average molecular weight is 86.1 g/mol. The smallest absolute Gasteiger partial charge is 0.0318 e. The lowest BCUT2D eigenvalue weighted by Crippen LogP contribution is -2.14. The average Bonchev–Trinajstić information content (AvgIpc) is 2.21. The van der Waals surface area contributed by atoms with E-state index in [0.29, 0.717) is 0 Å². The highest BCUT2D eigenvalue weighted by Crippen LogP contribution is 1.90. The summed E-state index contributed by atoms with van der Waals surface area (Å²) < 4.78 is 0. The van der Waals surface area contributed by atoms with Gasteiger partial charge < -0.3 is 10.6 Å². The Balaban J connectivity index is 1.88. The van der Waals surface area contributed by atoms with Gasteiger partial charge in [0.25, 0.3) is 0 Å². The van der Waals surface area contributed by atoms with E-state index >= 15 is 0 Å². The Labute approximate surface area is 37.9 Å². The van der Waals surface area contributed by atoms with Crippen LogP contribution in [0.3, 0.4) is 0 Å². The van der Waals surface area contributed by atoms with Crippen LogP contribution in [0.5, 0.6) is 0 Å². The first-order chi connectivity index (χ1) is 2.93. The molecule has 2 heteroatoms. The van der Waals surface area contributed by atoms with Gasteiger partial charge >= 0.3 is 0 Å². The van der Waals surface area contributed by atoms with Gasteiger partial charge in [-0.05, 0) is 7.05 Å². The first-order valence-corrected chi connectivity index (χ1v) is 2.31. The third-order valence-corrected chi connectivity index (χ3v) is 0.943. The highest BCUT2D eigenvalue weighted by Gasteiger charge is 2.17. The fourth-order valence-corrected chi connectivity index (χ4v) is 0.474. The molecule has 1 aliphatic heterocycles. The van der Waals surface area contributed by atoms with Gasteiger partial charge in [0.05, 0.1) is 0 Å². The van der Waals surface area contributed by atoms with Crippen LogP contribution in [0.1, 0.15) is 0 Å². The molecule has 2 nitrogen and oxygen atoms in total. The first-order valence-electron chi connectivity index (χ1n) is 2.31. The molecular weight excluding hydrogens is 76.1 g/mol. The lowest BCUT2D eigenvalue weighted by atomic mass is 10.5. The zero-order chi connectivity index (χ0) is 4.41. The van der Waals surface area contributed by atoms with Gasteiger partial charge in [-0.25, -0.2) is 0 Å². The fraction of sp³-hybridized carbons (Fsp3) is 1.00. The molecule has 0 aromatic carbocycles. The SMILES string of the molecule is CNC[C@@H]1CN1. The molecule has 36 valence electrons. The number of likely N-dealkylation sites (N-methyl/N-ethyl adjacent to an activating group) is 1. The quantitative estimate of drug-likeness (QED) is 0.430. The number of hydrogen-bond acceptors (Lipinski definition) is 2. The second-order valence-corrected chi connectivity index (χ2v) is 1.66. The van der Waals surface area contributed by atoms with Crippen LogP contribution < -0.4 is 10.6 Å². The Bertz CT molecular complexity index is 40.8. The van der Waals surface area contributed by atoms with E-state index in [2.05, 4.69) is 10.6 Å². The molecule has 1 saturated heterocycles. The van der Waals surface area contributed by atoms with Crippen LogP contribution in [-0.4, -0.2) is 26.2 Å². The van der Waals surface area contributed by atoms with Crippen LogP contribution in [0.15, 0.2) is 0 Å². The van der Waals surface area contributed by atoms with E-state index in [9.17, 15) is 0 Å². The predicted octanol–water partition coefficient (Wildman–Crippen LogP) is -0.822. The molecule has 0 aromatic rings. The molecule has 0 bridgehead atoms. The summed E-state index contributed by atoms with van der Waals surface area (Å²) in [6.07, 6.45) is 0. The molecule has 1 aliphatic rings. The van der Waals surface area contributed by atoms with Gasteiger partial charge in [-0.1, -0.05) is 0 Å². The van der Waals surface area contributed by atoms with Gasteiger partial charge in [0.15, 0.2) is 0 Å². The van der Waals surface area contributed by atoms with Crippen molar-refractivity contribution in [3.05, 3.63) is 0 Å². The topological polar surface area (TPSA) is 34.0 Å². The van der Waals surface area contributed by atoms with E-state index in [-0.39, 0.29) is 0 Å². The van der Waals surface area contributed by atoms with E-state index < -0.39 is 0 Å². The van der Waals surface area contributed by atoms with E-state index in [1.807, 2.05) is 7.05 Å². The Kier molecular flexibility index (Phi) is 1.08. The van der Waals surface area contributed by atoms with Gasteiger partial charge in [0, 0.05) is 19.1 Å². The Morgan fingerprint density at radius 1 is 2.00 bits per heavy atom. The molecule has 0 spiro atoms. The van der Waals surface area contributed by atoms with Crippen molar-refractivity contribution in [1.29, 1.82) is 0 Å². The Hall–Kier alpha value is -0.0800. The highest BCUT2D eigenvalue weighted by molar-refractivity contribution is 4.84. The van der Waals surface area contributed by atoms with Crippen LogP contribution in [0.4, 0.5) is 0 Å². The van der Waals surface area contributed by atoms with Gasteiger partial charge in [0.2, 0.25) is 0 Å². The van der Waals surface area contributed by atoms with Crippen LogP contribution in [0, 0.1) is 0 Å². The van der Waals surface area contributed by atoms with Crippen LogP contribution in [-0.2, 0) is 0 Å². The van der Waals surface area contributed by atoms with Crippen molar-refractivity contribution in [2.45, 2.75) is 6.04 Å². The molecule has 0 aromatic heterocycles. The van der Waals surface area contributed by atoms with Gasteiger partial charge in [0.1, 0.15) is 0 Å². The van der Waals surface area contributed by atoms with E-state index in [1.165, 1.54) is 6.54 Å². The van der Waals surface area contributed by atoms with Crippen molar-refractivity contribution in [2.24, 2.45) is 0 Å². The van der Waals surface area contributed by atoms with Gasteiger partial charge in [-0.15, -0.1) is 0 Å². The third-order valence-electron chi connectivity index (χ3n) is 0.943. The largest absolute Gasteiger partial charge is 0.318 e. The van der Waals surface area contributed by atoms with Crippen molar-refractivity contribution in [3.8, 4) is 0 Å². The Morgan fingerprint density at radius 3 is 2.83 bits per heavy atom. The zero-order valence-electron chi connectivity index (χ0n) is 3.99. The predicted molar refractivity (Wildman–Crippen MR) is 25.7 cm³/mol. The minimum absolute atomic E-state index is 0.787. The maximum absolute atomic E-state index is 3.17. The molecule has 2 N–H and O–H groups in total. The highest BCUT2D eigenvalue weighted by atomic mass is 15.1. The molecule has 1 atom stereocenters. The number of rotatable bonds is 2. The van der Waals surface area contributed by atoms with E-state index in [1.54, 1.807) is 0 Å². The van der Waals surface area contributed by atoms with E-state index in [4.69, 9.17) is 0 Å². The maximum atomic E-state index is 3.17. The molecular formula is C4H10N2. The molecule has 1 rings (SSSR count). The molecule has 1 fully saturated rings. The van der Waals surface area contributed by atoms with Gasteiger partial charge in [-0.3, -0.25) is 0 Å². The molecule has 0 aliphatic carbocycles. The van der Waals surface area contributed by atoms with Crippen LogP contribution in [0.2, 0.25) is 0 Å². The summed E-state index contributed by atoms with van der Waals surface area (Å²) in [4.78, 5) is 0. The van der Waals surface area contributed by atoms with Crippen molar-refractivity contribution in [1.82, 2.24) is 10.6 Å². The monoisotopic (exact) mass is 86.1 g/mol. The molecule has 0 radical (unpaired) electrons. The van der Waals surface area contributed by atoms with Crippen molar-refractivity contribution in [2.75, 3.05) is 20.1 Å². The second kappa shape index (κ2) is 1.58. The fourth-order valence-electron chi connectivity index (χ4n) is 0.474. The lowest BCUT2D eigenvalue weighted by molar-refractivity contribution is 0.778. The van der Waals surface area contributed by atoms with Crippen LogP contribution >= 0.6 is 0 Å². The van der Waals surface area contributed by atoms with E-state index in [0.717, 1.165) is 12.6 Å². The minimum atomic E-state index is 0.787. The van der Waals surface area contributed by atoms with Crippen molar-refractivity contribution >= 4 is 0 Å². The summed E-state index contributed by atoms with van der Waals surface area (Å²) >= 11 is 0. The standard InChI is InChI=1S/C4H10N2/c1-5-2-4-3-6-4/h4-6H,2-3H2,1H3/t4-/m1/s1. The Morgan fingerprint density at radius 2 is 2.67 bits per heavy atom. The number of nitrogens with one attached hydrogen (secondary N) is 2. The molecule has 0 unspecified atom stereocenters. The van der Waals surface area contributed by atoms with Gasteiger partial charge in [-0.2, -0.15) is 0 Å².